The van der Waals surface area contributed by atoms with Crippen LogP contribution in [0.5, 0.6) is 0 Å². The highest BCUT2D eigenvalue weighted by molar-refractivity contribution is 5.54. The summed E-state index contributed by atoms with van der Waals surface area (Å²) in [5.74, 6) is 0. The molecule has 82 valence electrons. The summed E-state index contributed by atoms with van der Waals surface area (Å²) in [4.78, 5) is 2.19. The number of nitrogens with zero attached hydrogens (tertiary/aromatic N) is 1. The Hall–Kier alpha value is -1.06. The third-order valence-electron chi connectivity index (χ3n) is 2.94. The number of aliphatic hydroxyl groups excluding tert-OH is 1. The summed E-state index contributed by atoms with van der Waals surface area (Å²) in [5.41, 5.74) is 8.59. The summed E-state index contributed by atoms with van der Waals surface area (Å²) in [5, 5.41) is 9.04. The second-order valence-electron chi connectivity index (χ2n) is 4.10. The number of aryl methyl sites for hydroxylation is 1. The molecule has 0 aliphatic carbocycles. The number of nitrogens with two attached hydrogens (primary N) is 1. The molecular weight excluding hydrogens is 188 g/mol. The zero-order valence-electron chi connectivity index (χ0n) is 8.89. The Kier molecular flexibility index (Phi) is 3.23. The fourth-order valence-corrected chi connectivity index (χ4v) is 2.18. The van der Waals surface area contributed by atoms with E-state index >= 15 is 0 Å². The van der Waals surface area contributed by atoms with Gasteiger partial charge in [0, 0.05) is 24.8 Å². The molecule has 0 amide bonds. The van der Waals surface area contributed by atoms with Gasteiger partial charge in [-0.3, -0.25) is 0 Å². The van der Waals surface area contributed by atoms with Crippen molar-refractivity contribution in [2.24, 2.45) is 5.73 Å². The van der Waals surface area contributed by atoms with Crippen molar-refractivity contribution in [1.29, 1.82) is 0 Å². The number of fused-ring (bicyclic) bond motifs is 1. The van der Waals surface area contributed by atoms with Crippen molar-refractivity contribution >= 4 is 5.69 Å². The van der Waals surface area contributed by atoms with Gasteiger partial charge in [0.25, 0.3) is 0 Å². The first-order valence-electron chi connectivity index (χ1n) is 5.50. The molecule has 2 rings (SSSR count). The van der Waals surface area contributed by atoms with E-state index in [1.165, 1.54) is 11.3 Å². The molecule has 0 saturated heterocycles. The lowest BCUT2D eigenvalue weighted by Crippen LogP contribution is -2.37. The number of benzene rings is 1. The van der Waals surface area contributed by atoms with Gasteiger partial charge in [0.2, 0.25) is 0 Å². The van der Waals surface area contributed by atoms with Crippen LogP contribution in [-0.2, 0) is 6.42 Å². The Morgan fingerprint density at radius 1 is 1.40 bits per heavy atom. The zero-order chi connectivity index (χ0) is 10.7. The number of para-hydroxylation sites is 1. The Bertz CT molecular complexity index is 327. The van der Waals surface area contributed by atoms with Crippen molar-refractivity contribution in [3.8, 4) is 0 Å². The highest BCUT2D eigenvalue weighted by Gasteiger charge is 2.18. The van der Waals surface area contributed by atoms with Crippen LogP contribution in [0.1, 0.15) is 12.0 Å². The fraction of sp³-hybridized carbons (Fsp3) is 0.500. The SMILES string of the molecule is NC1CCc2ccccc2N(CCO)C1. The summed E-state index contributed by atoms with van der Waals surface area (Å²) in [7, 11) is 0. The highest BCUT2D eigenvalue weighted by Crippen LogP contribution is 2.25. The molecule has 15 heavy (non-hydrogen) atoms. The fourth-order valence-electron chi connectivity index (χ4n) is 2.18. The van der Waals surface area contributed by atoms with Gasteiger partial charge in [-0.1, -0.05) is 18.2 Å². The van der Waals surface area contributed by atoms with E-state index in [1.807, 2.05) is 6.07 Å². The van der Waals surface area contributed by atoms with Crippen LogP contribution in [0.4, 0.5) is 5.69 Å². The van der Waals surface area contributed by atoms with Crippen molar-refractivity contribution in [2.45, 2.75) is 18.9 Å². The lowest BCUT2D eigenvalue weighted by molar-refractivity contribution is 0.301. The van der Waals surface area contributed by atoms with E-state index in [-0.39, 0.29) is 12.6 Å². The third-order valence-corrected chi connectivity index (χ3v) is 2.94. The van der Waals surface area contributed by atoms with E-state index in [1.54, 1.807) is 0 Å². The molecule has 3 heteroatoms. The molecule has 0 aromatic heterocycles. The van der Waals surface area contributed by atoms with Crippen molar-refractivity contribution in [3.63, 3.8) is 0 Å². The second kappa shape index (κ2) is 4.64. The minimum Gasteiger partial charge on any atom is -0.395 e. The number of rotatable bonds is 2. The molecule has 1 aromatic carbocycles. The van der Waals surface area contributed by atoms with Crippen molar-refractivity contribution in [1.82, 2.24) is 0 Å². The first kappa shape index (κ1) is 10.5. The third kappa shape index (κ3) is 2.30. The molecule has 3 N–H and O–H groups in total. The number of anilines is 1. The Morgan fingerprint density at radius 3 is 3.00 bits per heavy atom. The van der Waals surface area contributed by atoms with Gasteiger partial charge < -0.3 is 15.7 Å². The summed E-state index contributed by atoms with van der Waals surface area (Å²) < 4.78 is 0. The second-order valence-corrected chi connectivity index (χ2v) is 4.10. The summed E-state index contributed by atoms with van der Waals surface area (Å²) >= 11 is 0. The maximum absolute atomic E-state index is 9.04. The molecule has 1 aromatic rings. The van der Waals surface area contributed by atoms with Gasteiger partial charge in [0.05, 0.1) is 6.61 Å². The largest absolute Gasteiger partial charge is 0.395 e. The number of hydrogen-bond acceptors (Lipinski definition) is 3. The minimum atomic E-state index is 0.182. The molecule has 1 aliphatic heterocycles. The van der Waals surface area contributed by atoms with Crippen LogP contribution >= 0.6 is 0 Å². The molecule has 0 radical (unpaired) electrons. The van der Waals surface area contributed by atoms with Gasteiger partial charge in [-0.2, -0.15) is 0 Å². The minimum absolute atomic E-state index is 0.182. The maximum Gasteiger partial charge on any atom is 0.0606 e. The van der Waals surface area contributed by atoms with Crippen LogP contribution in [-0.4, -0.2) is 30.8 Å². The molecule has 1 unspecified atom stereocenters. The molecule has 0 saturated carbocycles. The van der Waals surface area contributed by atoms with E-state index in [9.17, 15) is 0 Å². The topological polar surface area (TPSA) is 49.5 Å². The molecule has 0 bridgehead atoms. The van der Waals surface area contributed by atoms with Crippen LogP contribution < -0.4 is 10.6 Å². The Morgan fingerprint density at radius 2 is 2.20 bits per heavy atom. The van der Waals surface area contributed by atoms with Gasteiger partial charge in [-0.05, 0) is 24.5 Å². The van der Waals surface area contributed by atoms with Gasteiger partial charge in [0.15, 0.2) is 0 Å². The van der Waals surface area contributed by atoms with Crippen LogP contribution in [0.2, 0.25) is 0 Å². The summed E-state index contributed by atoms with van der Waals surface area (Å²) in [6, 6.07) is 8.58. The number of hydrogen-bond donors (Lipinski definition) is 2. The van der Waals surface area contributed by atoms with E-state index in [2.05, 4.69) is 23.1 Å². The number of aliphatic hydroxyl groups is 1. The molecule has 0 fully saturated rings. The van der Waals surface area contributed by atoms with E-state index in [0.29, 0.717) is 6.54 Å². The average Bonchev–Trinajstić information content (AvgIpc) is 2.40. The Balaban J connectivity index is 2.28. The number of β-amino-alcohol motifs (C(OH)–C–C–N with tert-alkyl or cyclic N) is 1. The average molecular weight is 206 g/mol. The van der Waals surface area contributed by atoms with Gasteiger partial charge in [0.1, 0.15) is 0 Å². The standard InChI is InChI=1S/C12H18N2O/c13-11-6-5-10-3-1-2-4-12(10)14(9-11)7-8-15/h1-4,11,15H,5-9,13H2. The molecule has 1 aliphatic rings. The smallest absolute Gasteiger partial charge is 0.0606 e. The summed E-state index contributed by atoms with van der Waals surface area (Å²) in [6.07, 6.45) is 2.07. The maximum atomic E-state index is 9.04. The first-order chi connectivity index (χ1) is 7.31. The van der Waals surface area contributed by atoms with Crippen molar-refractivity contribution in [2.75, 3.05) is 24.6 Å². The monoisotopic (exact) mass is 206 g/mol. The molecule has 0 spiro atoms. The van der Waals surface area contributed by atoms with E-state index in [0.717, 1.165) is 19.4 Å². The van der Waals surface area contributed by atoms with Gasteiger partial charge in [-0.25, -0.2) is 0 Å². The highest BCUT2D eigenvalue weighted by atomic mass is 16.3. The molecule has 1 heterocycles. The van der Waals surface area contributed by atoms with Crippen LogP contribution in [0.25, 0.3) is 0 Å². The summed E-state index contributed by atoms with van der Waals surface area (Å²) in [6.45, 7) is 1.70. The predicted octanol–water partition coefficient (Wildman–Crippen LogP) is 0.759. The first-order valence-corrected chi connectivity index (χ1v) is 5.50. The van der Waals surface area contributed by atoms with Crippen LogP contribution in [0, 0.1) is 0 Å². The van der Waals surface area contributed by atoms with Crippen LogP contribution in [0.3, 0.4) is 0 Å². The predicted molar refractivity (Wildman–Crippen MR) is 62.0 cm³/mol. The molecule has 1 atom stereocenters. The van der Waals surface area contributed by atoms with Gasteiger partial charge in [-0.15, -0.1) is 0 Å². The van der Waals surface area contributed by atoms with Gasteiger partial charge >= 0.3 is 0 Å². The Labute approximate surface area is 90.5 Å². The quantitative estimate of drug-likeness (QED) is 0.751. The lowest BCUT2D eigenvalue weighted by Gasteiger charge is -2.25. The molecule has 3 nitrogen and oxygen atoms in total. The van der Waals surface area contributed by atoms with E-state index in [4.69, 9.17) is 10.8 Å². The van der Waals surface area contributed by atoms with Crippen LogP contribution in [0.15, 0.2) is 24.3 Å². The lowest BCUT2D eigenvalue weighted by atomic mass is 10.1. The van der Waals surface area contributed by atoms with Crippen molar-refractivity contribution < 1.29 is 5.11 Å². The normalized spacial score (nSPS) is 20.9. The van der Waals surface area contributed by atoms with E-state index < -0.39 is 0 Å². The molecular formula is C12H18N2O. The van der Waals surface area contributed by atoms with Crippen molar-refractivity contribution in [3.05, 3.63) is 29.8 Å². The zero-order valence-corrected chi connectivity index (χ0v) is 8.89.